The van der Waals surface area contributed by atoms with Crippen LogP contribution in [-0.4, -0.2) is 25.7 Å². The Bertz CT molecular complexity index is 181. The largest absolute Gasteiger partial charge is 0.316 e. The first-order valence-corrected chi connectivity index (χ1v) is 6.96. The molecule has 1 aliphatic rings. The summed E-state index contributed by atoms with van der Waals surface area (Å²) in [6.45, 7) is 12.8. The third-order valence-corrected chi connectivity index (χ3v) is 4.23. The topological polar surface area (TPSA) is 24.1 Å². The van der Waals surface area contributed by atoms with Crippen LogP contribution in [-0.2, 0) is 0 Å². The molecule has 0 aromatic rings. The normalized spacial score (nSPS) is 22.7. The van der Waals surface area contributed by atoms with Gasteiger partial charge in [-0.3, -0.25) is 0 Å². The zero-order valence-electron chi connectivity index (χ0n) is 11.6. The molecular formula is C14H30N2. The minimum absolute atomic E-state index is 0.417. The summed E-state index contributed by atoms with van der Waals surface area (Å²) in [7, 11) is 0. The molecule has 0 amide bonds. The van der Waals surface area contributed by atoms with Crippen LogP contribution in [0.1, 0.15) is 53.4 Å². The Kier molecular flexibility index (Phi) is 5.77. The van der Waals surface area contributed by atoms with E-state index in [1.165, 1.54) is 32.2 Å². The molecule has 1 fully saturated rings. The molecule has 1 saturated heterocycles. The van der Waals surface area contributed by atoms with E-state index in [4.69, 9.17) is 0 Å². The fourth-order valence-electron chi connectivity index (χ4n) is 2.06. The molecule has 16 heavy (non-hydrogen) atoms. The molecule has 1 atom stereocenters. The van der Waals surface area contributed by atoms with E-state index >= 15 is 0 Å². The molecule has 96 valence electrons. The van der Waals surface area contributed by atoms with Gasteiger partial charge >= 0.3 is 0 Å². The van der Waals surface area contributed by atoms with Gasteiger partial charge in [0.25, 0.3) is 0 Å². The molecule has 2 N–H and O–H groups in total. The van der Waals surface area contributed by atoms with Crippen molar-refractivity contribution in [3.8, 4) is 0 Å². The van der Waals surface area contributed by atoms with Gasteiger partial charge in [0.15, 0.2) is 0 Å². The van der Waals surface area contributed by atoms with Crippen molar-refractivity contribution in [3.05, 3.63) is 0 Å². The molecular weight excluding hydrogens is 196 g/mol. The maximum absolute atomic E-state index is 3.61. The SMILES string of the molecule is CC(C)C(C)(C)CNCCC1CCCCN1. The van der Waals surface area contributed by atoms with Crippen LogP contribution in [0.5, 0.6) is 0 Å². The minimum atomic E-state index is 0.417. The van der Waals surface area contributed by atoms with Gasteiger partial charge in [0.05, 0.1) is 0 Å². The first kappa shape index (κ1) is 14.0. The maximum Gasteiger partial charge on any atom is 0.00791 e. The monoisotopic (exact) mass is 226 g/mol. The van der Waals surface area contributed by atoms with E-state index in [1.807, 2.05) is 0 Å². The molecule has 0 aromatic carbocycles. The Morgan fingerprint density at radius 2 is 2.06 bits per heavy atom. The van der Waals surface area contributed by atoms with E-state index < -0.39 is 0 Å². The van der Waals surface area contributed by atoms with Crippen molar-refractivity contribution >= 4 is 0 Å². The molecule has 1 rings (SSSR count). The minimum Gasteiger partial charge on any atom is -0.316 e. The lowest BCUT2D eigenvalue weighted by atomic mass is 9.81. The number of piperidine rings is 1. The van der Waals surface area contributed by atoms with Gasteiger partial charge in [-0.1, -0.05) is 34.1 Å². The van der Waals surface area contributed by atoms with Gasteiger partial charge in [-0.2, -0.15) is 0 Å². The van der Waals surface area contributed by atoms with Crippen LogP contribution in [0.2, 0.25) is 0 Å². The van der Waals surface area contributed by atoms with Crippen LogP contribution in [0, 0.1) is 11.3 Å². The van der Waals surface area contributed by atoms with Gasteiger partial charge in [-0.25, -0.2) is 0 Å². The Morgan fingerprint density at radius 1 is 1.31 bits per heavy atom. The number of hydrogen-bond acceptors (Lipinski definition) is 2. The highest BCUT2D eigenvalue weighted by atomic mass is 14.9. The molecule has 0 spiro atoms. The zero-order chi connectivity index (χ0) is 12.0. The molecule has 0 radical (unpaired) electrons. The van der Waals surface area contributed by atoms with Crippen LogP contribution in [0.4, 0.5) is 0 Å². The molecule has 0 aromatic heterocycles. The summed E-state index contributed by atoms with van der Waals surface area (Å²) in [5.74, 6) is 0.743. The summed E-state index contributed by atoms with van der Waals surface area (Å²) in [6.07, 6.45) is 5.43. The maximum atomic E-state index is 3.61. The van der Waals surface area contributed by atoms with Gasteiger partial charge in [0, 0.05) is 12.6 Å². The van der Waals surface area contributed by atoms with Crippen molar-refractivity contribution in [2.24, 2.45) is 11.3 Å². The molecule has 2 heteroatoms. The average Bonchev–Trinajstić information content (AvgIpc) is 2.26. The molecule has 0 aliphatic carbocycles. The second-order valence-electron chi connectivity index (χ2n) is 6.26. The van der Waals surface area contributed by atoms with Gasteiger partial charge in [0.1, 0.15) is 0 Å². The van der Waals surface area contributed by atoms with Crippen LogP contribution in [0.15, 0.2) is 0 Å². The van der Waals surface area contributed by atoms with Crippen molar-refractivity contribution in [2.75, 3.05) is 19.6 Å². The second-order valence-corrected chi connectivity index (χ2v) is 6.26. The van der Waals surface area contributed by atoms with Gasteiger partial charge in [-0.05, 0) is 43.7 Å². The first-order chi connectivity index (χ1) is 7.52. The van der Waals surface area contributed by atoms with Crippen molar-refractivity contribution in [3.63, 3.8) is 0 Å². The Morgan fingerprint density at radius 3 is 2.62 bits per heavy atom. The molecule has 1 heterocycles. The van der Waals surface area contributed by atoms with Crippen molar-refractivity contribution in [2.45, 2.75) is 59.4 Å². The van der Waals surface area contributed by atoms with Crippen molar-refractivity contribution < 1.29 is 0 Å². The standard InChI is InChI=1S/C14H30N2/c1-12(2)14(3,4)11-15-10-8-13-7-5-6-9-16-13/h12-13,15-16H,5-11H2,1-4H3. The molecule has 0 saturated carbocycles. The van der Waals surface area contributed by atoms with Gasteiger partial charge < -0.3 is 10.6 Å². The summed E-state index contributed by atoms with van der Waals surface area (Å²) in [5.41, 5.74) is 0.417. The summed E-state index contributed by atoms with van der Waals surface area (Å²) in [5, 5.41) is 7.21. The molecule has 2 nitrogen and oxygen atoms in total. The summed E-state index contributed by atoms with van der Waals surface area (Å²) in [4.78, 5) is 0. The summed E-state index contributed by atoms with van der Waals surface area (Å²) in [6, 6.07) is 0.767. The van der Waals surface area contributed by atoms with E-state index in [0.29, 0.717) is 5.41 Å². The van der Waals surface area contributed by atoms with E-state index in [0.717, 1.165) is 25.0 Å². The number of hydrogen-bond donors (Lipinski definition) is 2. The lowest BCUT2D eigenvalue weighted by molar-refractivity contribution is 0.236. The second kappa shape index (κ2) is 6.61. The van der Waals surface area contributed by atoms with Crippen LogP contribution < -0.4 is 10.6 Å². The lowest BCUT2D eigenvalue weighted by Crippen LogP contribution is -2.39. The lowest BCUT2D eigenvalue weighted by Gasteiger charge is -2.30. The van der Waals surface area contributed by atoms with Gasteiger partial charge in [-0.15, -0.1) is 0 Å². The van der Waals surface area contributed by atoms with E-state index in [9.17, 15) is 0 Å². The summed E-state index contributed by atoms with van der Waals surface area (Å²) < 4.78 is 0. The Labute approximate surface area is 102 Å². The highest BCUT2D eigenvalue weighted by Gasteiger charge is 2.21. The predicted molar refractivity (Wildman–Crippen MR) is 71.7 cm³/mol. The van der Waals surface area contributed by atoms with Crippen LogP contribution in [0.3, 0.4) is 0 Å². The highest BCUT2D eigenvalue weighted by Crippen LogP contribution is 2.24. The highest BCUT2D eigenvalue weighted by molar-refractivity contribution is 4.77. The first-order valence-electron chi connectivity index (χ1n) is 6.96. The van der Waals surface area contributed by atoms with Crippen LogP contribution in [0.25, 0.3) is 0 Å². The van der Waals surface area contributed by atoms with E-state index in [1.54, 1.807) is 0 Å². The number of rotatable bonds is 6. The summed E-state index contributed by atoms with van der Waals surface area (Å²) >= 11 is 0. The molecule has 1 unspecified atom stereocenters. The van der Waals surface area contributed by atoms with Gasteiger partial charge in [0.2, 0.25) is 0 Å². The Balaban J connectivity index is 2.06. The smallest absolute Gasteiger partial charge is 0.00791 e. The Hall–Kier alpha value is -0.0800. The predicted octanol–water partition coefficient (Wildman–Crippen LogP) is 2.79. The van der Waals surface area contributed by atoms with Crippen LogP contribution >= 0.6 is 0 Å². The molecule has 0 bridgehead atoms. The van der Waals surface area contributed by atoms with E-state index in [2.05, 4.69) is 38.3 Å². The third kappa shape index (κ3) is 4.84. The fraction of sp³-hybridized carbons (Fsp3) is 1.00. The zero-order valence-corrected chi connectivity index (χ0v) is 11.6. The number of nitrogens with one attached hydrogen (secondary N) is 2. The average molecular weight is 226 g/mol. The van der Waals surface area contributed by atoms with Crippen molar-refractivity contribution in [1.29, 1.82) is 0 Å². The quantitative estimate of drug-likeness (QED) is 0.681. The molecule has 1 aliphatic heterocycles. The van der Waals surface area contributed by atoms with Crippen molar-refractivity contribution in [1.82, 2.24) is 10.6 Å². The third-order valence-electron chi connectivity index (χ3n) is 4.23. The fourth-order valence-corrected chi connectivity index (χ4v) is 2.06. The van der Waals surface area contributed by atoms with E-state index in [-0.39, 0.29) is 0 Å².